The molecular formula is C15H24ClN3O. The number of hydrogen-bond donors (Lipinski definition) is 2. The van der Waals surface area contributed by atoms with Crippen molar-refractivity contribution in [1.29, 1.82) is 0 Å². The lowest BCUT2D eigenvalue weighted by Gasteiger charge is -2.33. The van der Waals surface area contributed by atoms with Crippen molar-refractivity contribution in [2.24, 2.45) is 0 Å². The smallest absolute Gasteiger partial charge is 0.238 e. The Morgan fingerprint density at radius 2 is 2.05 bits per heavy atom. The highest BCUT2D eigenvalue weighted by Crippen LogP contribution is 2.19. The standard InChI is InChI=1S/C15H23N3O.ClH/c1-11-5-4-6-12(2)15(11)17-14(19)10-18-8-7-16-9-13(18)3;/h4-6,13,16H,7-10H2,1-3H3,(H,17,19);1H/t13-;/m1./s1. The van der Waals surface area contributed by atoms with Gasteiger partial charge < -0.3 is 10.6 Å². The number of carbonyl (C=O) groups excluding carboxylic acids is 1. The van der Waals surface area contributed by atoms with E-state index in [0.717, 1.165) is 36.4 Å². The number of hydrogen-bond acceptors (Lipinski definition) is 3. The Kier molecular flexibility index (Phi) is 6.46. The van der Waals surface area contributed by atoms with Crippen molar-refractivity contribution in [3.63, 3.8) is 0 Å². The third kappa shape index (κ3) is 4.20. The number of amides is 1. The maximum atomic E-state index is 12.2. The maximum absolute atomic E-state index is 12.2. The largest absolute Gasteiger partial charge is 0.324 e. The van der Waals surface area contributed by atoms with E-state index in [1.807, 2.05) is 32.0 Å². The number of para-hydroxylation sites is 1. The summed E-state index contributed by atoms with van der Waals surface area (Å²) in [5.74, 6) is 0.0751. The third-order valence-corrected chi connectivity index (χ3v) is 3.73. The molecule has 1 aromatic carbocycles. The van der Waals surface area contributed by atoms with Crippen molar-refractivity contribution >= 4 is 24.0 Å². The molecular weight excluding hydrogens is 274 g/mol. The molecule has 1 aliphatic rings. The van der Waals surface area contributed by atoms with Gasteiger partial charge in [0.1, 0.15) is 0 Å². The van der Waals surface area contributed by atoms with E-state index in [2.05, 4.69) is 22.5 Å². The Bertz CT molecular complexity index is 444. The molecule has 0 aliphatic carbocycles. The van der Waals surface area contributed by atoms with Gasteiger partial charge in [0.05, 0.1) is 6.54 Å². The molecule has 0 aromatic heterocycles. The number of benzene rings is 1. The first kappa shape index (κ1) is 17.0. The number of aryl methyl sites for hydroxylation is 2. The van der Waals surface area contributed by atoms with Crippen LogP contribution in [0.3, 0.4) is 0 Å². The Morgan fingerprint density at radius 3 is 2.65 bits per heavy atom. The quantitative estimate of drug-likeness (QED) is 0.896. The van der Waals surface area contributed by atoms with Crippen LogP contribution >= 0.6 is 12.4 Å². The van der Waals surface area contributed by atoms with Crippen LogP contribution in [0.1, 0.15) is 18.1 Å². The summed E-state index contributed by atoms with van der Waals surface area (Å²) in [6, 6.07) is 6.47. The summed E-state index contributed by atoms with van der Waals surface area (Å²) in [6.07, 6.45) is 0. The van der Waals surface area contributed by atoms with Crippen molar-refractivity contribution in [3.05, 3.63) is 29.3 Å². The van der Waals surface area contributed by atoms with Gasteiger partial charge in [-0.15, -0.1) is 12.4 Å². The Morgan fingerprint density at radius 1 is 1.40 bits per heavy atom. The van der Waals surface area contributed by atoms with Crippen LogP contribution in [0.4, 0.5) is 5.69 Å². The molecule has 0 unspecified atom stereocenters. The predicted octanol–water partition coefficient (Wildman–Crippen LogP) is 1.96. The summed E-state index contributed by atoms with van der Waals surface area (Å²) >= 11 is 0. The Labute approximate surface area is 127 Å². The summed E-state index contributed by atoms with van der Waals surface area (Å²) in [4.78, 5) is 14.4. The number of carbonyl (C=O) groups is 1. The molecule has 1 atom stereocenters. The number of nitrogens with zero attached hydrogens (tertiary/aromatic N) is 1. The van der Waals surface area contributed by atoms with Gasteiger partial charge >= 0.3 is 0 Å². The van der Waals surface area contributed by atoms with Crippen molar-refractivity contribution in [2.75, 3.05) is 31.5 Å². The van der Waals surface area contributed by atoms with Crippen molar-refractivity contribution < 1.29 is 4.79 Å². The lowest BCUT2D eigenvalue weighted by molar-refractivity contribution is -0.118. The van der Waals surface area contributed by atoms with Gasteiger partial charge in [-0.2, -0.15) is 0 Å². The molecule has 1 amide bonds. The van der Waals surface area contributed by atoms with Gasteiger partial charge in [-0.05, 0) is 31.9 Å². The molecule has 2 rings (SSSR count). The molecule has 0 bridgehead atoms. The fourth-order valence-electron chi connectivity index (χ4n) is 2.49. The van der Waals surface area contributed by atoms with E-state index >= 15 is 0 Å². The highest BCUT2D eigenvalue weighted by atomic mass is 35.5. The van der Waals surface area contributed by atoms with Crippen molar-refractivity contribution in [2.45, 2.75) is 26.8 Å². The minimum Gasteiger partial charge on any atom is -0.324 e. The molecule has 2 N–H and O–H groups in total. The van der Waals surface area contributed by atoms with Gasteiger partial charge in [0.15, 0.2) is 0 Å². The number of halogens is 1. The van der Waals surface area contributed by atoms with Crippen LogP contribution in [0, 0.1) is 13.8 Å². The Balaban J connectivity index is 0.00000200. The van der Waals surface area contributed by atoms with Gasteiger partial charge in [-0.3, -0.25) is 9.69 Å². The monoisotopic (exact) mass is 297 g/mol. The summed E-state index contributed by atoms with van der Waals surface area (Å²) in [5.41, 5.74) is 3.18. The molecule has 1 aliphatic heterocycles. The van der Waals surface area contributed by atoms with E-state index in [1.165, 1.54) is 0 Å². The third-order valence-electron chi connectivity index (χ3n) is 3.73. The first-order chi connectivity index (χ1) is 9.08. The maximum Gasteiger partial charge on any atom is 0.238 e. The molecule has 112 valence electrons. The first-order valence-corrected chi connectivity index (χ1v) is 6.89. The minimum atomic E-state index is 0. The normalized spacial score (nSPS) is 19.2. The van der Waals surface area contributed by atoms with E-state index in [4.69, 9.17) is 0 Å². The minimum absolute atomic E-state index is 0. The number of rotatable bonds is 3. The summed E-state index contributed by atoms with van der Waals surface area (Å²) < 4.78 is 0. The van der Waals surface area contributed by atoms with Gasteiger partial charge in [0.2, 0.25) is 5.91 Å². The van der Waals surface area contributed by atoms with Crippen LogP contribution in [-0.4, -0.2) is 43.0 Å². The first-order valence-electron chi connectivity index (χ1n) is 6.89. The van der Waals surface area contributed by atoms with Crippen LogP contribution in [0.15, 0.2) is 18.2 Å². The van der Waals surface area contributed by atoms with Gasteiger partial charge in [0, 0.05) is 31.4 Å². The fourth-order valence-corrected chi connectivity index (χ4v) is 2.49. The van der Waals surface area contributed by atoms with Crippen molar-refractivity contribution in [1.82, 2.24) is 10.2 Å². The van der Waals surface area contributed by atoms with E-state index < -0.39 is 0 Å². The van der Waals surface area contributed by atoms with Crippen LogP contribution in [0.25, 0.3) is 0 Å². The molecule has 1 aromatic rings. The molecule has 0 spiro atoms. The summed E-state index contributed by atoms with van der Waals surface area (Å²) in [7, 11) is 0. The van der Waals surface area contributed by atoms with Gasteiger partial charge in [0.25, 0.3) is 0 Å². The van der Waals surface area contributed by atoms with Crippen LogP contribution < -0.4 is 10.6 Å². The second-order valence-corrected chi connectivity index (χ2v) is 5.34. The van der Waals surface area contributed by atoms with Crippen LogP contribution in [0.2, 0.25) is 0 Å². The predicted molar refractivity (Wildman–Crippen MR) is 85.7 cm³/mol. The van der Waals surface area contributed by atoms with E-state index in [-0.39, 0.29) is 18.3 Å². The second kappa shape index (κ2) is 7.62. The average molecular weight is 298 g/mol. The number of piperazine rings is 1. The molecule has 1 fully saturated rings. The van der Waals surface area contributed by atoms with Crippen LogP contribution in [0.5, 0.6) is 0 Å². The topological polar surface area (TPSA) is 44.4 Å². The molecule has 5 heteroatoms. The van der Waals surface area contributed by atoms with E-state index in [1.54, 1.807) is 0 Å². The molecule has 4 nitrogen and oxygen atoms in total. The lowest BCUT2D eigenvalue weighted by Crippen LogP contribution is -2.52. The zero-order chi connectivity index (χ0) is 13.8. The number of anilines is 1. The molecule has 0 saturated carbocycles. The molecule has 0 radical (unpaired) electrons. The molecule has 1 heterocycles. The number of nitrogens with one attached hydrogen (secondary N) is 2. The SMILES string of the molecule is Cc1cccc(C)c1NC(=O)CN1CCNC[C@H]1C.Cl. The lowest BCUT2D eigenvalue weighted by atomic mass is 10.1. The van der Waals surface area contributed by atoms with E-state index in [9.17, 15) is 4.79 Å². The van der Waals surface area contributed by atoms with Gasteiger partial charge in [-0.25, -0.2) is 0 Å². The van der Waals surface area contributed by atoms with Crippen molar-refractivity contribution in [3.8, 4) is 0 Å². The fraction of sp³-hybridized carbons (Fsp3) is 0.533. The average Bonchev–Trinajstić information content (AvgIpc) is 2.37. The van der Waals surface area contributed by atoms with E-state index in [0.29, 0.717) is 12.6 Å². The second-order valence-electron chi connectivity index (χ2n) is 5.34. The summed E-state index contributed by atoms with van der Waals surface area (Å²) in [6.45, 7) is 9.51. The van der Waals surface area contributed by atoms with Gasteiger partial charge in [-0.1, -0.05) is 18.2 Å². The Hall–Kier alpha value is -1.10. The zero-order valence-corrected chi connectivity index (χ0v) is 13.2. The summed E-state index contributed by atoms with van der Waals surface area (Å²) in [5, 5.41) is 6.38. The zero-order valence-electron chi connectivity index (χ0n) is 12.4. The molecule has 20 heavy (non-hydrogen) atoms. The van der Waals surface area contributed by atoms with Crippen LogP contribution in [-0.2, 0) is 4.79 Å². The highest BCUT2D eigenvalue weighted by Gasteiger charge is 2.20. The molecule has 1 saturated heterocycles. The highest BCUT2D eigenvalue weighted by molar-refractivity contribution is 5.93.